The van der Waals surface area contributed by atoms with Crippen molar-refractivity contribution in [1.29, 1.82) is 0 Å². The molecule has 6 heteroatoms. The molecular weight excluding hydrogens is 324 g/mol. The second-order valence-corrected chi connectivity index (χ2v) is 7.02. The van der Waals surface area contributed by atoms with Crippen LogP contribution in [0.3, 0.4) is 0 Å². The van der Waals surface area contributed by atoms with E-state index in [4.69, 9.17) is 9.97 Å². The highest BCUT2D eigenvalue weighted by atomic mass is 15.3. The highest BCUT2D eigenvalue weighted by Crippen LogP contribution is 2.25. The predicted octanol–water partition coefficient (Wildman–Crippen LogP) is 2.10. The Kier molecular flexibility index (Phi) is 3.99. The Morgan fingerprint density at radius 2 is 1.77 bits per heavy atom. The largest absolute Gasteiger partial charge is 0.368 e. The van der Waals surface area contributed by atoms with Gasteiger partial charge in [0.1, 0.15) is 5.82 Å². The maximum atomic E-state index is 4.84. The number of benzene rings is 1. The van der Waals surface area contributed by atoms with Crippen LogP contribution in [0.25, 0.3) is 22.3 Å². The number of pyridine rings is 1. The minimum atomic E-state index is 0.551. The predicted molar refractivity (Wildman–Crippen MR) is 103 cm³/mol. The smallest absolute Gasteiger partial charge is 0.162 e. The zero-order valence-electron chi connectivity index (χ0n) is 14.7. The van der Waals surface area contributed by atoms with Crippen LogP contribution in [0.1, 0.15) is 0 Å². The normalized spacial score (nSPS) is 24.7. The van der Waals surface area contributed by atoms with E-state index in [-0.39, 0.29) is 0 Å². The Morgan fingerprint density at radius 3 is 2.54 bits per heavy atom. The van der Waals surface area contributed by atoms with Gasteiger partial charge in [-0.3, -0.25) is 14.8 Å². The molecule has 1 aromatic carbocycles. The summed E-state index contributed by atoms with van der Waals surface area (Å²) < 4.78 is 0. The average molecular weight is 346 g/mol. The van der Waals surface area contributed by atoms with Gasteiger partial charge in [0, 0.05) is 68.7 Å². The molecule has 0 aliphatic carbocycles. The molecule has 3 aromatic rings. The average Bonchev–Trinajstić information content (AvgIpc) is 2.73. The Hall–Kier alpha value is -2.57. The number of fused-ring (bicyclic) bond motifs is 4. The standard InChI is InChI=1S/C20H22N6/c1-2-4-18-17(3-1)20(24-19(23-18)15-5-7-21-8-6-15)22-13-16-14-25-9-11-26(16)12-10-25/h1-8,16H,9-14H2,(H,22,23,24). The minimum Gasteiger partial charge on any atom is -0.368 e. The van der Waals surface area contributed by atoms with E-state index in [0.717, 1.165) is 41.2 Å². The number of nitrogens with zero attached hydrogens (tertiary/aromatic N) is 5. The number of nitrogens with one attached hydrogen (secondary N) is 1. The molecule has 3 aliphatic heterocycles. The van der Waals surface area contributed by atoms with Crippen molar-refractivity contribution in [2.75, 3.05) is 44.6 Å². The van der Waals surface area contributed by atoms with E-state index in [0.29, 0.717) is 6.04 Å². The van der Waals surface area contributed by atoms with Gasteiger partial charge in [-0.25, -0.2) is 9.97 Å². The molecule has 0 saturated carbocycles. The van der Waals surface area contributed by atoms with Gasteiger partial charge in [0.15, 0.2) is 5.82 Å². The van der Waals surface area contributed by atoms with Crippen molar-refractivity contribution >= 4 is 16.7 Å². The third kappa shape index (κ3) is 2.91. The summed E-state index contributed by atoms with van der Waals surface area (Å²) in [6, 6.07) is 12.7. The first-order chi connectivity index (χ1) is 12.9. The van der Waals surface area contributed by atoms with Gasteiger partial charge in [-0.1, -0.05) is 12.1 Å². The highest BCUT2D eigenvalue weighted by Gasteiger charge is 2.31. The summed E-state index contributed by atoms with van der Waals surface area (Å²) in [7, 11) is 0. The number of piperazine rings is 3. The summed E-state index contributed by atoms with van der Waals surface area (Å²) in [5.74, 6) is 1.66. The van der Waals surface area contributed by atoms with Crippen LogP contribution in [-0.2, 0) is 0 Å². The van der Waals surface area contributed by atoms with Crippen molar-refractivity contribution in [1.82, 2.24) is 24.8 Å². The molecule has 0 amide bonds. The van der Waals surface area contributed by atoms with Gasteiger partial charge < -0.3 is 5.32 Å². The van der Waals surface area contributed by atoms with Gasteiger partial charge in [-0.15, -0.1) is 0 Å². The van der Waals surface area contributed by atoms with Crippen LogP contribution < -0.4 is 5.32 Å². The third-order valence-electron chi connectivity index (χ3n) is 5.44. The van der Waals surface area contributed by atoms with Gasteiger partial charge in [0.25, 0.3) is 0 Å². The first kappa shape index (κ1) is 15.7. The number of aromatic nitrogens is 3. The summed E-state index contributed by atoms with van der Waals surface area (Å²) in [6.07, 6.45) is 3.56. The SMILES string of the molecule is c1ccc2c(NCC3CN4CCN3CC4)nc(-c3ccncc3)nc2c1. The summed E-state index contributed by atoms with van der Waals surface area (Å²) in [6.45, 7) is 6.83. The summed E-state index contributed by atoms with van der Waals surface area (Å²) in [4.78, 5) is 18.8. The van der Waals surface area contributed by atoms with Crippen molar-refractivity contribution in [3.63, 3.8) is 0 Å². The second kappa shape index (κ2) is 6.63. The van der Waals surface area contributed by atoms with Crippen LogP contribution >= 0.6 is 0 Å². The second-order valence-electron chi connectivity index (χ2n) is 7.02. The number of anilines is 1. The molecule has 3 aliphatic rings. The van der Waals surface area contributed by atoms with E-state index >= 15 is 0 Å². The molecule has 132 valence electrons. The summed E-state index contributed by atoms with van der Waals surface area (Å²) >= 11 is 0. The van der Waals surface area contributed by atoms with Gasteiger partial charge in [-0.05, 0) is 24.3 Å². The molecule has 0 spiro atoms. The van der Waals surface area contributed by atoms with Crippen LogP contribution in [0.15, 0.2) is 48.8 Å². The van der Waals surface area contributed by atoms with Crippen LogP contribution in [-0.4, -0.2) is 70.1 Å². The lowest BCUT2D eigenvalue weighted by atomic mass is 10.1. The van der Waals surface area contributed by atoms with Crippen LogP contribution in [0.5, 0.6) is 0 Å². The number of para-hydroxylation sites is 1. The highest BCUT2D eigenvalue weighted by molar-refractivity contribution is 5.90. The van der Waals surface area contributed by atoms with Crippen molar-refractivity contribution < 1.29 is 0 Å². The van der Waals surface area contributed by atoms with E-state index in [1.807, 2.05) is 30.3 Å². The van der Waals surface area contributed by atoms with Crippen LogP contribution in [0, 0.1) is 0 Å². The number of rotatable bonds is 4. The molecular formula is C20H22N6. The number of hydrogen-bond donors (Lipinski definition) is 1. The zero-order valence-corrected chi connectivity index (χ0v) is 14.7. The topological polar surface area (TPSA) is 57.2 Å². The van der Waals surface area contributed by atoms with Gasteiger partial charge in [-0.2, -0.15) is 0 Å². The molecule has 2 aromatic heterocycles. The fraction of sp³-hybridized carbons (Fsp3) is 0.350. The van der Waals surface area contributed by atoms with Gasteiger partial charge in [0.05, 0.1) is 5.52 Å². The molecule has 6 nitrogen and oxygen atoms in total. The molecule has 3 saturated heterocycles. The Labute approximate surface area is 152 Å². The van der Waals surface area contributed by atoms with E-state index in [1.54, 1.807) is 12.4 Å². The number of hydrogen-bond acceptors (Lipinski definition) is 6. The lowest BCUT2D eigenvalue weighted by Crippen LogP contribution is -2.62. The fourth-order valence-corrected chi connectivity index (χ4v) is 3.97. The molecule has 26 heavy (non-hydrogen) atoms. The van der Waals surface area contributed by atoms with E-state index in [9.17, 15) is 0 Å². The van der Waals surface area contributed by atoms with Crippen molar-refractivity contribution in [3.05, 3.63) is 48.8 Å². The van der Waals surface area contributed by atoms with Gasteiger partial charge in [0.2, 0.25) is 0 Å². The lowest BCUT2D eigenvalue weighted by molar-refractivity contribution is 0.0189. The fourth-order valence-electron chi connectivity index (χ4n) is 3.97. The van der Waals surface area contributed by atoms with E-state index in [1.165, 1.54) is 26.2 Å². The Balaban J connectivity index is 1.46. The molecule has 0 radical (unpaired) electrons. The van der Waals surface area contributed by atoms with Crippen molar-refractivity contribution in [2.24, 2.45) is 0 Å². The maximum absolute atomic E-state index is 4.84. The zero-order chi connectivity index (χ0) is 17.3. The Bertz CT molecular complexity index is 905. The summed E-state index contributed by atoms with van der Waals surface area (Å²) in [5, 5.41) is 4.69. The quantitative estimate of drug-likeness (QED) is 0.781. The maximum Gasteiger partial charge on any atom is 0.162 e. The molecule has 1 atom stereocenters. The Morgan fingerprint density at radius 1 is 0.962 bits per heavy atom. The van der Waals surface area contributed by atoms with Crippen LogP contribution in [0.4, 0.5) is 5.82 Å². The van der Waals surface area contributed by atoms with E-state index < -0.39 is 0 Å². The first-order valence-electron chi connectivity index (χ1n) is 9.24. The molecule has 1 unspecified atom stereocenters. The third-order valence-corrected chi connectivity index (χ3v) is 5.44. The lowest BCUT2D eigenvalue weighted by Gasteiger charge is -2.47. The molecule has 1 N–H and O–H groups in total. The minimum absolute atomic E-state index is 0.551. The molecule has 3 fully saturated rings. The monoisotopic (exact) mass is 346 g/mol. The van der Waals surface area contributed by atoms with Gasteiger partial charge >= 0.3 is 0 Å². The molecule has 6 rings (SSSR count). The summed E-state index contributed by atoms with van der Waals surface area (Å²) in [5.41, 5.74) is 1.95. The van der Waals surface area contributed by atoms with Crippen LogP contribution in [0.2, 0.25) is 0 Å². The van der Waals surface area contributed by atoms with Crippen molar-refractivity contribution in [3.8, 4) is 11.4 Å². The van der Waals surface area contributed by atoms with E-state index in [2.05, 4.69) is 26.2 Å². The first-order valence-corrected chi connectivity index (χ1v) is 9.24. The molecule has 2 bridgehead atoms. The molecule has 5 heterocycles. The van der Waals surface area contributed by atoms with Crippen molar-refractivity contribution in [2.45, 2.75) is 6.04 Å².